The third-order valence-electron chi connectivity index (χ3n) is 2.04. The van der Waals surface area contributed by atoms with Crippen LogP contribution in [-0.4, -0.2) is 26.2 Å². The minimum Gasteiger partial charge on any atom is -0.462 e. The van der Waals surface area contributed by atoms with Crippen molar-refractivity contribution in [2.45, 2.75) is 25.7 Å². The van der Waals surface area contributed by atoms with Crippen molar-refractivity contribution in [3.8, 4) is 0 Å². The van der Waals surface area contributed by atoms with Gasteiger partial charge in [-0.3, -0.25) is 4.79 Å². The van der Waals surface area contributed by atoms with E-state index in [0.717, 1.165) is 0 Å². The molecule has 0 N–H and O–H groups in total. The van der Waals surface area contributed by atoms with Gasteiger partial charge in [0.25, 0.3) is 0 Å². The van der Waals surface area contributed by atoms with Crippen LogP contribution in [0.4, 0.5) is 0 Å². The van der Waals surface area contributed by atoms with Gasteiger partial charge in [0, 0.05) is 5.02 Å². The summed E-state index contributed by atoms with van der Waals surface area (Å²) >= 11 is 5.87. The maximum Gasteiger partial charge on any atom is 0.321 e. The predicted molar refractivity (Wildman–Crippen MR) is 70.2 cm³/mol. The highest BCUT2D eigenvalue weighted by molar-refractivity contribution is 7.91. The highest BCUT2D eigenvalue weighted by atomic mass is 35.5. The Labute approximate surface area is 112 Å². The maximum atomic E-state index is 11.8. The van der Waals surface area contributed by atoms with E-state index < -0.39 is 21.6 Å². The Morgan fingerprint density at radius 3 is 2.50 bits per heavy atom. The first kappa shape index (κ1) is 15.0. The van der Waals surface area contributed by atoms with Gasteiger partial charge in [-0.1, -0.05) is 29.8 Å². The first-order valence-electron chi connectivity index (χ1n) is 5.43. The van der Waals surface area contributed by atoms with Crippen LogP contribution < -0.4 is 0 Å². The van der Waals surface area contributed by atoms with E-state index in [1.807, 2.05) is 0 Å². The van der Waals surface area contributed by atoms with Crippen molar-refractivity contribution in [2.75, 3.05) is 5.75 Å². The topological polar surface area (TPSA) is 60.4 Å². The Kier molecular flexibility index (Phi) is 5.16. The molecule has 0 fully saturated rings. The highest BCUT2D eigenvalue weighted by Gasteiger charge is 2.20. The van der Waals surface area contributed by atoms with E-state index in [-0.39, 0.29) is 11.9 Å². The summed E-state index contributed by atoms with van der Waals surface area (Å²) in [5.74, 6) is -1.63. The van der Waals surface area contributed by atoms with Crippen LogP contribution in [0.2, 0.25) is 5.02 Å². The van der Waals surface area contributed by atoms with E-state index in [1.165, 1.54) is 0 Å². The lowest BCUT2D eigenvalue weighted by atomic mass is 10.2. The Bertz CT molecular complexity index is 523. The standard InChI is InChI=1S/C12H15ClO4S/c1-9(2)17-12(14)8-18(15,16)7-10-5-3-4-6-11(10)13/h3-6,9H,7-8H2,1-2H3. The molecule has 0 saturated carbocycles. The minimum absolute atomic E-state index is 0.264. The number of sulfone groups is 1. The van der Waals surface area contributed by atoms with E-state index in [4.69, 9.17) is 16.3 Å². The Morgan fingerprint density at radius 2 is 1.94 bits per heavy atom. The van der Waals surface area contributed by atoms with Crippen molar-refractivity contribution in [1.82, 2.24) is 0 Å². The number of hydrogen-bond donors (Lipinski definition) is 0. The van der Waals surface area contributed by atoms with Gasteiger partial charge < -0.3 is 4.74 Å². The Morgan fingerprint density at radius 1 is 1.33 bits per heavy atom. The molecule has 0 aliphatic carbocycles. The van der Waals surface area contributed by atoms with Crippen molar-refractivity contribution in [3.05, 3.63) is 34.9 Å². The van der Waals surface area contributed by atoms with Gasteiger partial charge in [0.15, 0.2) is 9.84 Å². The van der Waals surface area contributed by atoms with Crippen molar-refractivity contribution < 1.29 is 17.9 Å². The Balaban J connectivity index is 2.72. The molecule has 1 rings (SSSR count). The molecule has 100 valence electrons. The van der Waals surface area contributed by atoms with Gasteiger partial charge in [0.05, 0.1) is 11.9 Å². The lowest BCUT2D eigenvalue weighted by Crippen LogP contribution is -2.22. The van der Waals surface area contributed by atoms with E-state index >= 15 is 0 Å². The first-order valence-corrected chi connectivity index (χ1v) is 7.63. The summed E-state index contributed by atoms with van der Waals surface area (Å²) in [6.07, 6.45) is -0.326. The smallest absolute Gasteiger partial charge is 0.321 e. The molecule has 1 aromatic carbocycles. The van der Waals surface area contributed by atoms with Gasteiger partial charge in [-0.25, -0.2) is 8.42 Å². The summed E-state index contributed by atoms with van der Waals surface area (Å²) in [6.45, 7) is 3.33. The summed E-state index contributed by atoms with van der Waals surface area (Å²) in [6, 6.07) is 6.64. The van der Waals surface area contributed by atoms with E-state index in [0.29, 0.717) is 10.6 Å². The summed E-state index contributed by atoms with van der Waals surface area (Å²) in [7, 11) is -3.56. The molecule has 6 heteroatoms. The molecule has 0 unspecified atom stereocenters. The molecule has 0 heterocycles. The number of carbonyl (C=O) groups excluding carboxylic acids is 1. The summed E-state index contributed by atoms with van der Waals surface area (Å²) in [5, 5.41) is 0.373. The summed E-state index contributed by atoms with van der Waals surface area (Å²) < 4.78 is 28.4. The molecule has 0 aliphatic heterocycles. The molecule has 0 amide bonds. The van der Waals surface area contributed by atoms with Crippen LogP contribution in [0.15, 0.2) is 24.3 Å². The van der Waals surface area contributed by atoms with Crippen LogP contribution in [0.1, 0.15) is 19.4 Å². The van der Waals surface area contributed by atoms with E-state index in [1.54, 1.807) is 38.1 Å². The average molecular weight is 291 g/mol. The molecule has 18 heavy (non-hydrogen) atoms. The van der Waals surface area contributed by atoms with E-state index in [2.05, 4.69) is 0 Å². The number of esters is 1. The fraction of sp³-hybridized carbons (Fsp3) is 0.417. The number of hydrogen-bond acceptors (Lipinski definition) is 4. The lowest BCUT2D eigenvalue weighted by molar-refractivity contribution is -0.144. The van der Waals surface area contributed by atoms with Gasteiger partial charge in [-0.05, 0) is 25.5 Å². The monoisotopic (exact) mass is 290 g/mol. The fourth-order valence-electron chi connectivity index (χ4n) is 1.38. The second-order valence-corrected chi connectivity index (χ2v) is 6.63. The third kappa shape index (κ3) is 5.06. The second-order valence-electron chi connectivity index (χ2n) is 4.16. The van der Waals surface area contributed by atoms with Crippen LogP contribution in [0.25, 0.3) is 0 Å². The summed E-state index contributed by atoms with van der Waals surface area (Å²) in [5.41, 5.74) is 0.483. The van der Waals surface area contributed by atoms with Crippen LogP contribution >= 0.6 is 11.6 Å². The second kappa shape index (κ2) is 6.20. The van der Waals surface area contributed by atoms with Crippen LogP contribution in [-0.2, 0) is 25.1 Å². The zero-order chi connectivity index (χ0) is 13.8. The normalized spacial score (nSPS) is 11.6. The SMILES string of the molecule is CC(C)OC(=O)CS(=O)(=O)Cc1ccccc1Cl. The van der Waals surface area contributed by atoms with Crippen molar-refractivity contribution in [2.24, 2.45) is 0 Å². The van der Waals surface area contributed by atoms with Crippen molar-refractivity contribution in [1.29, 1.82) is 0 Å². The molecule has 0 radical (unpaired) electrons. The van der Waals surface area contributed by atoms with Crippen molar-refractivity contribution >= 4 is 27.4 Å². The fourth-order valence-corrected chi connectivity index (χ4v) is 2.92. The molecular weight excluding hydrogens is 276 g/mol. The first-order chi connectivity index (χ1) is 8.30. The largest absolute Gasteiger partial charge is 0.462 e. The molecule has 0 aromatic heterocycles. The molecule has 0 atom stereocenters. The molecule has 1 aromatic rings. The van der Waals surface area contributed by atoms with Gasteiger partial charge in [-0.15, -0.1) is 0 Å². The molecule has 0 saturated heterocycles. The Hall–Kier alpha value is -1.07. The molecule has 0 bridgehead atoms. The van der Waals surface area contributed by atoms with Crippen LogP contribution in [0.3, 0.4) is 0 Å². The molecular formula is C12H15ClO4S. The van der Waals surface area contributed by atoms with Gasteiger partial charge >= 0.3 is 5.97 Å². The third-order valence-corrected chi connectivity index (χ3v) is 3.83. The predicted octanol–water partition coefficient (Wildman–Crippen LogP) is 2.21. The summed E-state index contributed by atoms with van der Waals surface area (Å²) in [4.78, 5) is 11.3. The molecule has 0 aliphatic rings. The van der Waals surface area contributed by atoms with E-state index in [9.17, 15) is 13.2 Å². The van der Waals surface area contributed by atoms with Crippen LogP contribution in [0.5, 0.6) is 0 Å². The molecule has 4 nitrogen and oxygen atoms in total. The van der Waals surface area contributed by atoms with Crippen LogP contribution in [0, 0.1) is 0 Å². The average Bonchev–Trinajstić information content (AvgIpc) is 2.18. The molecule has 0 spiro atoms. The zero-order valence-corrected chi connectivity index (χ0v) is 11.8. The minimum atomic E-state index is -3.56. The quantitative estimate of drug-likeness (QED) is 0.780. The van der Waals surface area contributed by atoms with Gasteiger partial charge in [-0.2, -0.15) is 0 Å². The van der Waals surface area contributed by atoms with Gasteiger partial charge in [0.1, 0.15) is 5.75 Å². The number of halogens is 1. The van der Waals surface area contributed by atoms with Gasteiger partial charge in [0.2, 0.25) is 0 Å². The maximum absolute atomic E-state index is 11.8. The zero-order valence-electron chi connectivity index (χ0n) is 10.2. The number of benzene rings is 1. The number of rotatable bonds is 5. The van der Waals surface area contributed by atoms with Crippen molar-refractivity contribution in [3.63, 3.8) is 0 Å². The lowest BCUT2D eigenvalue weighted by Gasteiger charge is -2.09. The highest BCUT2D eigenvalue weighted by Crippen LogP contribution is 2.18. The number of carbonyl (C=O) groups is 1. The number of ether oxygens (including phenoxy) is 1.